The first-order valence-corrected chi connectivity index (χ1v) is 8.86. The van der Waals surface area contributed by atoms with Crippen LogP contribution >= 0.6 is 11.6 Å². The monoisotopic (exact) mass is 316 g/mol. The molecular weight excluding hydrogens is 294 g/mol. The molecule has 1 radical (unpaired) electrons. The Morgan fingerprint density at radius 1 is 1.18 bits per heavy atom. The van der Waals surface area contributed by atoms with E-state index in [4.69, 9.17) is 16.9 Å². The van der Waals surface area contributed by atoms with Crippen LogP contribution in [-0.2, 0) is 0 Å². The van der Waals surface area contributed by atoms with Gasteiger partial charge in [-0.05, 0) is 68.5 Å². The van der Waals surface area contributed by atoms with Gasteiger partial charge in [0.25, 0.3) is 0 Å². The van der Waals surface area contributed by atoms with Crippen molar-refractivity contribution < 1.29 is 0 Å². The maximum Gasteiger partial charge on any atom is 0.0766 e. The summed E-state index contributed by atoms with van der Waals surface area (Å²) in [5.74, 6) is 0.594. The van der Waals surface area contributed by atoms with E-state index in [0.29, 0.717) is 12.1 Å². The van der Waals surface area contributed by atoms with Gasteiger partial charge in [-0.25, -0.2) is 5.32 Å². The minimum atomic E-state index is 0.420. The zero-order chi connectivity index (χ0) is 14.9. The molecule has 1 aromatic carbocycles. The first kappa shape index (κ1) is 14.6. The van der Waals surface area contributed by atoms with Crippen molar-refractivity contribution >= 4 is 22.5 Å². The number of piperidine rings is 2. The fourth-order valence-corrected chi connectivity index (χ4v) is 4.21. The molecule has 2 aliphatic rings. The summed E-state index contributed by atoms with van der Waals surface area (Å²) in [6, 6.07) is 6.14. The number of fused-ring (bicyclic) bond motifs is 1. The van der Waals surface area contributed by atoms with Crippen LogP contribution in [0.4, 0.5) is 0 Å². The number of aromatic nitrogens is 1. The number of nitrogens with zero attached hydrogens (tertiary/aromatic N) is 2. The molecule has 117 valence electrons. The van der Waals surface area contributed by atoms with E-state index in [1.165, 1.54) is 48.8 Å². The summed E-state index contributed by atoms with van der Waals surface area (Å²) in [4.78, 5) is 6.00. The van der Waals surface area contributed by atoms with Crippen LogP contribution < -0.4 is 5.32 Å². The van der Waals surface area contributed by atoms with Crippen LogP contribution in [0.5, 0.6) is 0 Å². The Morgan fingerprint density at radius 3 is 2.91 bits per heavy atom. The lowest BCUT2D eigenvalue weighted by Crippen LogP contribution is -2.48. The number of benzene rings is 1. The summed E-state index contributed by atoms with van der Waals surface area (Å²) >= 11 is 6.20. The molecule has 3 heterocycles. The number of hydrogen-bond acceptors (Lipinski definition) is 1. The predicted molar refractivity (Wildman–Crippen MR) is 91.5 cm³/mol. The van der Waals surface area contributed by atoms with Gasteiger partial charge in [0.15, 0.2) is 0 Å². The van der Waals surface area contributed by atoms with Crippen molar-refractivity contribution in [3.05, 3.63) is 35.0 Å². The predicted octanol–water partition coefficient (Wildman–Crippen LogP) is 4.12. The summed E-state index contributed by atoms with van der Waals surface area (Å²) in [6.07, 6.45) is 8.96. The average Bonchev–Trinajstić information content (AvgIpc) is 2.99. The Bertz CT molecular complexity index is 645. The number of aromatic amines is 1. The summed E-state index contributed by atoms with van der Waals surface area (Å²) in [5.41, 5.74) is 2.62. The van der Waals surface area contributed by atoms with Gasteiger partial charge < -0.3 is 4.98 Å². The molecule has 0 amide bonds. The zero-order valence-corrected chi connectivity index (χ0v) is 13.6. The molecule has 0 aliphatic carbocycles. The van der Waals surface area contributed by atoms with Crippen LogP contribution in [0.15, 0.2) is 24.4 Å². The highest BCUT2D eigenvalue weighted by Crippen LogP contribution is 2.35. The molecule has 4 heteroatoms. The minimum absolute atomic E-state index is 0.420. The molecule has 2 fully saturated rings. The van der Waals surface area contributed by atoms with Crippen molar-refractivity contribution in [1.29, 1.82) is 0 Å². The van der Waals surface area contributed by atoms with Crippen LogP contribution in [0.1, 0.15) is 43.6 Å². The molecular formula is C18H23ClN3. The van der Waals surface area contributed by atoms with Crippen molar-refractivity contribution in [1.82, 2.24) is 15.2 Å². The van der Waals surface area contributed by atoms with Crippen LogP contribution in [-0.4, -0.2) is 35.7 Å². The fraction of sp³-hybridized carbons (Fsp3) is 0.556. The second kappa shape index (κ2) is 6.23. The Labute approximate surface area is 137 Å². The van der Waals surface area contributed by atoms with Crippen LogP contribution in [0.2, 0.25) is 5.02 Å². The SMILES string of the molecule is Clc1ccc2[nH]cc(C3CC[N]C(N4CCCCC4)C3)c2c1. The van der Waals surface area contributed by atoms with Crippen LogP contribution in [0.25, 0.3) is 10.9 Å². The third-order valence-corrected chi connectivity index (χ3v) is 5.48. The third kappa shape index (κ3) is 2.78. The van der Waals surface area contributed by atoms with Crippen molar-refractivity contribution in [2.24, 2.45) is 0 Å². The average molecular weight is 317 g/mol. The molecule has 0 spiro atoms. The second-order valence-corrected chi connectivity index (χ2v) is 7.08. The minimum Gasteiger partial charge on any atom is -0.361 e. The molecule has 2 aliphatic heterocycles. The highest BCUT2D eigenvalue weighted by Gasteiger charge is 2.30. The van der Waals surface area contributed by atoms with Gasteiger partial charge in [0.05, 0.1) is 6.17 Å². The molecule has 2 saturated heterocycles. The smallest absolute Gasteiger partial charge is 0.0766 e. The number of rotatable bonds is 2. The maximum atomic E-state index is 6.20. The molecule has 4 rings (SSSR count). The number of H-pyrrole nitrogens is 1. The van der Waals surface area contributed by atoms with Gasteiger partial charge in [0.1, 0.15) is 0 Å². The molecule has 2 unspecified atom stereocenters. The molecule has 22 heavy (non-hydrogen) atoms. The van der Waals surface area contributed by atoms with Gasteiger partial charge in [-0.3, -0.25) is 4.90 Å². The largest absolute Gasteiger partial charge is 0.361 e. The Hall–Kier alpha value is -1.03. The molecule has 0 bridgehead atoms. The molecule has 2 aromatic rings. The summed E-state index contributed by atoms with van der Waals surface area (Å²) in [5, 5.41) is 7.01. The van der Waals surface area contributed by atoms with Gasteiger partial charge >= 0.3 is 0 Å². The van der Waals surface area contributed by atoms with Gasteiger partial charge in [0.2, 0.25) is 0 Å². The van der Waals surface area contributed by atoms with E-state index in [1.54, 1.807) is 0 Å². The molecule has 0 saturated carbocycles. The van der Waals surface area contributed by atoms with E-state index in [9.17, 15) is 0 Å². The lowest BCUT2D eigenvalue weighted by molar-refractivity contribution is 0.104. The summed E-state index contributed by atoms with van der Waals surface area (Å²) in [7, 11) is 0. The molecule has 2 atom stereocenters. The second-order valence-electron chi connectivity index (χ2n) is 6.64. The van der Waals surface area contributed by atoms with Crippen molar-refractivity contribution in [3.8, 4) is 0 Å². The lowest BCUT2D eigenvalue weighted by Gasteiger charge is -2.39. The Kier molecular flexibility index (Phi) is 4.12. The van der Waals surface area contributed by atoms with E-state index in [1.807, 2.05) is 6.07 Å². The van der Waals surface area contributed by atoms with Gasteiger partial charge in [-0.15, -0.1) is 0 Å². The van der Waals surface area contributed by atoms with E-state index in [-0.39, 0.29) is 0 Å². The normalized spacial score (nSPS) is 27.3. The first-order chi connectivity index (χ1) is 10.8. The van der Waals surface area contributed by atoms with E-state index in [2.05, 4.69) is 28.2 Å². The lowest BCUT2D eigenvalue weighted by atomic mass is 9.87. The Balaban J connectivity index is 1.57. The van der Waals surface area contributed by atoms with Crippen LogP contribution in [0, 0.1) is 0 Å². The fourth-order valence-electron chi connectivity index (χ4n) is 4.04. The Morgan fingerprint density at radius 2 is 2.05 bits per heavy atom. The van der Waals surface area contributed by atoms with Crippen molar-refractivity contribution in [3.63, 3.8) is 0 Å². The zero-order valence-electron chi connectivity index (χ0n) is 12.9. The quantitative estimate of drug-likeness (QED) is 0.888. The highest BCUT2D eigenvalue weighted by atomic mass is 35.5. The van der Waals surface area contributed by atoms with Crippen molar-refractivity contribution in [2.75, 3.05) is 19.6 Å². The third-order valence-electron chi connectivity index (χ3n) is 5.24. The van der Waals surface area contributed by atoms with Gasteiger partial charge in [0, 0.05) is 28.7 Å². The molecule has 3 nitrogen and oxygen atoms in total. The summed E-state index contributed by atoms with van der Waals surface area (Å²) in [6.45, 7) is 3.43. The topological polar surface area (TPSA) is 33.1 Å². The standard InChI is InChI=1S/C18H23ClN3/c19-14-4-5-17-15(11-14)16(12-21-17)13-6-7-20-18(10-13)22-8-2-1-3-9-22/h4-5,11-13,18,21H,1-3,6-10H2. The van der Waals surface area contributed by atoms with Crippen LogP contribution in [0.3, 0.4) is 0 Å². The van der Waals surface area contributed by atoms with E-state index < -0.39 is 0 Å². The highest BCUT2D eigenvalue weighted by molar-refractivity contribution is 6.31. The maximum absolute atomic E-state index is 6.20. The summed E-state index contributed by atoms with van der Waals surface area (Å²) < 4.78 is 0. The number of halogens is 1. The van der Waals surface area contributed by atoms with Crippen molar-refractivity contribution in [2.45, 2.75) is 44.2 Å². The van der Waals surface area contributed by atoms with E-state index in [0.717, 1.165) is 24.4 Å². The molecule has 1 N–H and O–H groups in total. The number of likely N-dealkylation sites (tertiary alicyclic amines) is 1. The van der Waals surface area contributed by atoms with Gasteiger partial charge in [-0.1, -0.05) is 18.0 Å². The van der Waals surface area contributed by atoms with E-state index >= 15 is 0 Å². The van der Waals surface area contributed by atoms with Gasteiger partial charge in [-0.2, -0.15) is 0 Å². The molecule has 1 aromatic heterocycles. The number of nitrogens with one attached hydrogen (secondary N) is 1. The first-order valence-electron chi connectivity index (χ1n) is 8.48. The number of hydrogen-bond donors (Lipinski definition) is 1.